The zero-order chi connectivity index (χ0) is 22.9. The maximum atomic E-state index is 13.1. The van der Waals surface area contributed by atoms with Gasteiger partial charge in [-0.2, -0.15) is 0 Å². The van der Waals surface area contributed by atoms with Gasteiger partial charge in [0.05, 0.1) is 16.6 Å². The molecule has 0 radical (unpaired) electrons. The number of carbonyl (C=O) groups excluding carboxylic acids is 1. The molecule has 33 heavy (non-hydrogen) atoms. The molecule has 0 fully saturated rings. The van der Waals surface area contributed by atoms with Crippen molar-refractivity contribution in [1.29, 1.82) is 0 Å². The minimum absolute atomic E-state index is 0.130. The third-order valence-corrected chi connectivity index (χ3v) is 5.46. The summed E-state index contributed by atoms with van der Waals surface area (Å²) in [6.07, 6.45) is 0. The van der Waals surface area contributed by atoms with Crippen LogP contribution >= 0.6 is 0 Å². The number of benzene rings is 3. The van der Waals surface area contributed by atoms with E-state index < -0.39 is 0 Å². The quantitative estimate of drug-likeness (QED) is 0.490. The molecule has 2 heterocycles. The average molecular weight is 442 g/mol. The molecule has 1 aromatic heterocycles. The smallest absolute Gasteiger partial charge is 0.323 e. The van der Waals surface area contributed by atoms with E-state index in [2.05, 4.69) is 15.6 Å². The molecule has 0 saturated carbocycles. The zero-order valence-electron chi connectivity index (χ0n) is 18.2. The second kappa shape index (κ2) is 8.31. The van der Waals surface area contributed by atoms with Gasteiger partial charge in [-0.3, -0.25) is 9.36 Å². The summed E-state index contributed by atoms with van der Waals surface area (Å²) >= 11 is 0. The van der Waals surface area contributed by atoms with E-state index in [0.717, 1.165) is 5.56 Å². The highest BCUT2D eigenvalue weighted by molar-refractivity contribution is 6.00. The number of carbonyl (C=O) groups is 1. The second-order valence-corrected chi connectivity index (χ2v) is 7.75. The molecule has 0 atom stereocenters. The van der Waals surface area contributed by atoms with Gasteiger partial charge in [0.2, 0.25) is 0 Å². The Kier molecular flexibility index (Phi) is 5.18. The summed E-state index contributed by atoms with van der Waals surface area (Å²) in [6.45, 7) is 4.66. The first-order chi connectivity index (χ1) is 16.0. The molecule has 0 spiro atoms. The fourth-order valence-electron chi connectivity index (χ4n) is 3.88. The van der Waals surface area contributed by atoms with Crippen LogP contribution in [-0.4, -0.2) is 28.8 Å². The van der Waals surface area contributed by atoms with Crippen LogP contribution in [0.25, 0.3) is 16.6 Å². The van der Waals surface area contributed by atoms with Gasteiger partial charge in [0.15, 0.2) is 11.5 Å². The number of anilines is 2. The summed E-state index contributed by atoms with van der Waals surface area (Å²) in [5, 5.41) is 6.21. The van der Waals surface area contributed by atoms with Crippen LogP contribution in [0.4, 0.5) is 16.2 Å². The number of nitrogens with one attached hydrogen (secondary N) is 2. The van der Waals surface area contributed by atoms with Gasteiger partial charge in [-0.25, -0.2) is 9.78 Å². The number of hydrogen-bond acceptors (Lipinski definition) is 5. The Morgan fingerprint density at radius 2 is 1.73 bits per heavy atom. The second-order valence-electron chi connectivity index (χ2n) is 7.75. The Morgan fingerprint density at radius 1 is 0.939 bits per heavy atom. The van der Waals surface area contributed by atoms with Crippen LogP contribution in [0.15, 0.2) is 65.5 Å². The predicted molar refractivity (Wildman–Crippen MR) is 127 cm³/mol. The summed E-state index contributed by atoms with van der Waals surface area (Å²) in [5.74, 6) is 1.85. The van der Waals surface area contributed by atoms with Crippen molar-refractivity contribution >= 4 is 28.3 Å². The standard InChI is InChI=1S/C25H22N4O4/c1-15-13-18(29-16(2)26-21-6-4-3-5-19(21)24(29)30)8-9-20(15)28-25(31)27-17-7-10-22-23(14-17)33-12-11-32-22/h3-10,13-14H,11-12H2,1-2H3,(H2,27,28,31). The molecular formula is C25H22N4O4. The zero-order valence-corrected chi connectivity index (χ0v) is 18.2. The minimum Gasteiger partial charge on any atom is -0.486 e. The first-order valence-corrected chi connectivity index (χ1v) is 10.6. The van der Waals surface area contributed by atoms with Gasteiger partial charge < -0.3 is 20.1 Å². The highest BCUT2D eigenvalue weighted by Gasteiger charge is 2.14. The molecule has 2 amide bonds. The largest absolute Gasteiger partial charge is 0.486 e. The van der Waals surface area contributed by atoms with E-state index in [1.807, 2.05) is 31.2 Å². The number of urea groups is 1. The first-order valence-electron chi connectivity index (χ1n) is 10.6. The van der Waals surface area contributed by atoms with Crippen LogP contribution in [0, 0.1) is 13.8 Å². The van der Waals surface area contributed by atoms with E-state index in [9.17, 15) is 9.59 Å². The summed E-state index contributed by atoms with van der Waals surface area (Å²) in [5.41, 5.74) is 3.26. The Balaban J connectivity index is 1.37. The third kappa shape index (κ3) is 3.98. The van der Waals surface area contributed by atoms with Crippen LogP contribution in [0.5, 0.6) is 11.5 Å². The fraction of sp³-hybridized carbons (Fsp3) is 0.160. The maximum absolute atomic E-state index is 13.1. The Bertz CT molecular complexity index is 1440. The lowest BCUT2D eigenvalue weighted by Crippen LogP contribution is -2.23. The summed E-state index contributed by atoms with van der Waals surface area (Å²) in [6, 6.07) is 17.6. The molecule has 0 aliphatic carbocycles. The molecule has 1 aliphatic rings. The maximum Gasteiger partial charge on any atom is 0.323 e. The number of fused-ring (bicyclic) bond motifs is 2. The molecule has 0 unspecified atom stereocenters. The Morgan fingerprint density at radius 3 is 2.55 bits per heavy atom. The van der Waals surface area contributed by atoms with E-state index in [1.165, 1.54) is 0 Å². The SMILES string of the molecule is Cc1cc(-n2c(C)nc3ccccc3c2=O)ccc1NC(=O)Nc1ccc2c(c1)OCCO2. The van der Waals surface area contributed by atoms with Crippen molar-refractivity contribution in [2.75, 3.05) is 23.8 Å². The van der Waals surface area contributed by atoms with Crippen molar-refractivity contribution in [3.63, 3.8) is 0 Å². The number of rotatable bonds is 3. The van der Waals surface area contributed by atoms with Crippen molar-refractivity contribution in [2.45, 2.75) is 13.8 Å². The molecular weight excluding hydrogens is 420 g/mol. The summed E-state index contributed by atoms with van der Waals surface area (Å²) in [7, 11) is 0. The number of ether oxygens (including phenoxy) is 2. The number of amides is 2. The molecule has 5 rings (SSSR count). The third-order valence-electron chi connectivity index (χ3n) is 5.46. The number of hydrogen-bond donors (Lipinski definition) is 2. The van der Waals surface area contributed by atoms with Crippen molar-refractivity contribution in [3.05, 3.63) is 82.4 Å². The molecule has 0 saturated heterocycles. The van der Waals surface area contributed by atoms with E-state index >= 15 is 0 Å². The number of nitrogens with zero attached hydrogens (tertiary/aromatic N) is 2. The van der Waals surface area contributed by atoms with Gasteiger partial charge in [-0.05, 0) is 61.9 Å². The average Bonchev–Trinajstić information content (AvgIpc) is 2.81. The fourth-order valence-corrected chi connectivity index (χ4v) is 3.88. The lowest BCUT2D eigenvalue weighted by molar-refractivity contribution is 0.171. The normalized spacial score (nSPS) is 12.4. The molecule has 1 aliphatic heterocycles. The van der Waals surface area contributed by atoms with Gasteiger partial charge in [0, 0.05) is 17.4 Å². The van der Waals surface area contributed by atoms with Gasteiger partial charge in [-0.15, -0.1) is 0 Å². The monoisotopic (exact) mass is 442 g/mol. The molecule has 3 aromatic carbocycles. The molecule has 166 valence electrons. The predicted octanol–water partition coefficient (Wildman–Crippen LogP) is 4.42. The first kappa shape index (κ1) is 20.6. The Labute approximate surface area is 189 Å². The van der Waals surface area contributed by atoms with Crippen molar-refractivity contribution in [1.82, 2.24) is 9.55 Å². The van der Waals surface area contributed by atoms with E-state index in [0.29, 0.717) is 58.5 Å². The van der Waals surface area contributed by atoms with Crippen LogP contribution < -0.4 is 25.7 Å². The Hall–Kier alpha value is -4.33. The van der Waals surface area contributed by atoms with E-state index in [4.69, 9.17) is 9.47 Å². The molecule has 4 aromatic rings. The van der Waals surface area contributed by atoms with E-state index in [-0.39, 0.29) is 11.6 Å². The molecule has 2 N–H and O–H groups in total. The minimum atomic E-state index is -0.386. The van der Waals surface area contributed by atoms with Crippen LogP contribution in [0.2, 0.25) is 0 Å². The van der Waals surface area contributed by atoms with Crippen molar-refractivity contribution < 1.29 is 14.3 Å². The number of para-hydroxylation sites is 1. The highest BCUT2D eigenvalue weighted by atomic mass is 16.6. The summed E-state index contributed by atoms with van der Waals surface area (Å²) < 4.78 is 12.6. The highest BCUT2D eigenvalue weighted by Crippen LogP contribution is 2.32. The molecule has 0 bridgehead atoms. The number of aryl methyl sites for hydroxylation is 2. The van der Waals surface area contributed by atoms with Crippen LogP contribution in [0.1, 0.15) is 11.4 Å². The van der Waals surface area contributed by atoms with Crippen molar-refractivity contribution in [2.24, 2.45) is 0 Å². The lowest BCUT2D eigenvalue weighted by Gasteiger charge is -2.19. The van der Waals surface area contributed by atoms with Crippen LogP contribution in [-0.2, 0) is 0 Å². The number of aromatic nitrogens is 2. The topological polar surface area (TPSA) is 94.5 Å². The summed E-state index contributed by atoms with van der Waals surface area (Å²) in [4.78, 5) is 30.2. The lowest BCUT2D eigenvalue weighted by atomic mass is 10.1. The van der Waals surface area contributed by atoms with Gasteiger partial charge in [0.25, 0.3) is 5.56 Å². The molecule has 8 nitrogen and oxygen atoms in total. The van der Waals surface area contributed by atoms with Gasteiger partial charge >= 0.3 is 6.03 Å². The van der Waals surface area contributed by atoms with Gasteiger partial charge in [-0.1, -0.05) is 12.1 Å². The van der Waals surface area contributed by atoms with Gasteiger partial charge in [0.1, 0.15) is 19.0 Å². The van der Waals surface area contributed by atoms with E-state index in [1.54, 1.807) is 47.9 Å². The molecule has 8 heteroatoms. The van der Waals surface area contributed by atoms with Crippen LogP contribution in [0.3, 0.4) is 0 Å². The van der Waals surface area contributed by atoms with Crippen molar-refractivity contribution in [3.8, 4) is 17.2 Å².